The van der Waals surface area contributed by atoms with Crippen molar-refractivity contribution in [2.75, 3.05) is 6.61 Å². The number of amides is 1. The van der Waals surface area contributed by atoms with Crippen LogP contribution in [0.3, 0.4) is 0 Å². The van der Waals surface area contributed by atoms with Crippen LogP contribution < -0.4 is 5.32 Å². The van der Waals surface area contributed by atoms with Crippen molar-refractivity contribution in [3.05, 3.63) is 35.4 Å². The lowest BCUT2D eigenvalue weighted by molar-refractivity contribution is -0.131. The highest BCUT2D eigenvalue weighted by Gasteiger charge is 2.17. The predicted molar refractivity (Wildman–Crippen MR) is 68.6 cm³/mol. The molecule has 0 aromatic heterocycles. The molecule has 3 nitrogen and oxygen atoms in total. The number of benzene rings is 1. The fourth-order valence-electron chi connectivity index (χ4n) is 1.49. The van der Waals surface area contributed by atoms with Gasteiger partial charge in [0.2, 0.25) is 5.91 Å². The first-order valence-corrected chi connectivity index (χ1v) is 6.07. The molecule has 0 spiro atoms. The molecule has 0 fully saturated rings. The van der Waals surface area contributed by atoms with E-state index < -0.39 is 23.3 Å². The Kier molecular flexibility index (Phi) is 5.00. The molecule has 0 aliphatic rings. The highest BCUT2D eigenvalue weighted by molar-refractivity contribution is 5.77. The Morgan fingerprint density at radius 2 is 2.00 bits per heavy atom. The van der Waals surface area contributed by atoms with Crippen molar-refractivity contribution < 1.29 is 18.3 Å². The van der Waals surface area contributed by atoms with Gasteiger partial charge in [-0.2, -0.15) is 0 Å². The number of hydrogen-bond acceptors (Lipinski definition) is 2. The summed E-state index contributed by atoms with van der Waals surface area (Å²) in [6.45, 7) is 6.96. The topological polar surface area (TPSA) is 38.3 Å². The third-order valence-electron chi connectivity index (χ3n) is 2.44. The molecule has 106 valence electrons. The second kappa shape index (κ2) is 6.10. The lowest BCUT2D eigenvalue weighted by atomic mass is 10.1. The molecule has 0 aliphatic heterocycles. The number of rotatable bonds is 4. The smallest absolute Gasteiger partial charge is 0.246 e. The van der Waals surface area contributed by atoms with Gasteiger partial charge in [0.1, 0.15) is 18.2 Å². The van der Waals surface area contributed by atoms with Gasteiger partial charge in [-0.3, -0.25) is 4.79 Å². The molecule has 0 heterocycles. The SMILES string of the molecule is CC(NC(=O)COC(C)(C)C)c1cc(F)ccc1F. The standard InChI is InChI=1S/C14H19F2NO2/c1-9(11-7-10(15)5-6-12(11)16)17-13(18)8-19-14(2,3)4/h5-7,9H,8H2,1-4H3,(H,17,18). The van der Waals surface area contributed by atoms with Crippen molar-refractivity contribution in [2.45, 2.75) is 39.3 Å². The van der Waals surface area contributed by atoms with Crippen molar-refractivity contribution >= 4 is 5.91 Å². The van der Waals surface area contributed by atoms with Crippen molar-refractivity contribution in [1.82, 2.24) is 5.32 Å². The minimum absolute atomic E-state index is 0.115. The molecule has 1 rings (SSSR count). The van der Waals surface area contributed by atoms with Crippen LogP contribution in [-0.4, -0.2) is 18.1 Å². The first-order valence-electron chi connectivity index (χ1n) is 6.07. The van der Waals surface area contributed by atoms with E-state index >= 15 is 0 Å². The molecule has 0 saturated heterocycles. The number of hydrogen-bond donors (Lipinski definition) is 1. The van der Waals surface area contributed by atoms with Gasteiger partial charge in [-0.15, -0.1) is 0 Å². The monoisotopic (exact) mass is 271 g/mol. The van der Waals surface area contributed by atoms with Crippen molar-refractivity contribution in [3.8, 4) is 0 Å². The summed E-state index contributed by atoms with van der Waals surface area (Å²) in [5.74, 6) is -1.46. The van der Waals surface area contributed by atoms with E-state index in [2.05, 4.69) is 5.32 Å². The van der Waals surface area contributed by atoms with Crippen LogP contribution in [0.25, 0.3) is 0 Å². The first kappa shape index (κ1) is 15.6. The maximum Gasteiger partial charge on any atom is 0.246 e. The Morgan fingerprint density at radius 3 is 2.58 bits per heavy atom. The molecule has 0 radical (unpaired) electrons. The summed E-state index contributed by atoms with van der Waals surface area (Å²) in [7, 11) is 0. The zero-order chi connectivity index (χ0) is 14.6. The van der Waals surface area contributed by atoms with E-state index in [-0.39, 0.29) is 18.1 Å². The van der Waals surface area contributed by atoms with Crippen LogP contribution >= 0.6 is 0 Å². The Hall–Kier alpha value is -1.49. The van der Waals surface area contributed by atoms with Crippen LogP contribution in [0.2, 0.25) is 0 Å². The molecular weight excluding hydrogens is 252 g/mol. The molecule has 1 N–H and O–H groups in total. The lowest BCUT2D eigenvalue weighted by Crippen LogP contribution is -2.34. The van der Waals surface area contributed by atoms with Crippen molar-refractivity contribution in [1.29, 1.82) is 0 Å². The van der Waals surface area contributed by atoms with Gasteiger partial charge in [0, 0.05) is 5.56 Å². The second-order valence-electron chi connectivity index (χ2n) is 5.36. The quantitative estimate of drug-likeness (QED) is 0.914. The molecule has 0 aliphatic carbocycles. The zero-order valence-electron chi connectivity index (χ0n) is 11.6. The fourth-order valence-corrected chi connectivity index (χ4v) is 1.49. The summed E-state index contributed by atoms with van der Waals surface area (Å²) in [5.41, 5.74) is -0.311. The van der Waals surface area contributed by atoms with Crippen LogP contribution in [0.15, 0.2) is 18.2 Å². The van der Waals surface area contributed by atoms with Gasteiger partial charge in [-0.1, -0.05) is 0 Å². The molecule has 0 saturated carbocycles. The molecule has 0 bridgehead atoms. The fraction of sp³-hybridized carbons (Fsp3) is 0.500. The number of ether oxygens (including phenoxy) is 1. The molecule has 1 aromatic carbocycles. The molecule has 1 atom stereocenters. The predicted octanol–water partition coefficient (Wildman–Crippen LogP) is 2.96. The summed E-state index contributed by atoms with van der Waals surface area (Å²) in [6.07, 6.45) is 0. The summed E-state index contributed by atoms with van der Waals surface area (Å²) < 4.78 is 31.8. The third-order valence-corrected chi connectivity index (χ3v) is 2.44. The minimum atomic E-state index is -0.619. The highest BCUT2D eigenvalue weighted by Crippen LogP contribution is 2.18. The van der Waals surface area contributed by atoms with Gasteiger partial charge in [-0.25, -0.2) is 8.78 Å². The Balaban J connectivity index is 2.61. The van der Waals surface area contributed by atoms with E-state index in [4.69, 9.17) is 4.74 Å². The third kappa shape index (κ3) is 5.34. The van der Waals surface area contributed by atoms with Gasteiger partial charge in [-0.05, 0) is 45.9 Å². The Labute approximate surface area is 112 Å². The van der Waals surface area contributed by atoms with E-state index in [9.17, 15) is 13.6 Å². The van der Waals surface area contributed by atoms with Gasteiger partial charge < -0.3 is 10.1 Å². The average molecular weight is 271 g/mol. The van der Waals surface area contributed by atoms with Gasteiger partial charge in [0.25, 0.3) is 0 Å². The highest BCUT2D eigenvalue weighted by atomic mass is 19.1. The van der Waals surface area contributed by atoms with Crippen LogP contribution in [-0.2, 0) is 9.53 Å². The first-order chi connectivity index (χ1) is 8.69. The number of carbonyl (C=O) groups is 1. The summed E-state index contributed by atoms with van der Waals surface area (Å²) in [5, 5.41) is 2.57. The molecule has 1 amide bonds. The normalized spacial score (nSPS) is 13.2. The maximum absolute atomic E-state index is 13.5. The van der Waals surface area contributed by atoms with Gasteiger partial charge in [0.05, 0.1) is 11.6 Å². The van der Waals surface area contributed by atoms with Crippen LogP contribution in [0.4, 0.5) is 8.78 Å². The molecule has 1 unspecified atom stereocenters. The van der Waals surface area contributed by atoms with Gasteiger partial charge in [0.15, 0.2) is 0 Å². The van der Waals surface area contributed by atoms with Gasteiger partial charge >= 0.3 is 0 Å². The molecular formula is C14H19F2NO2. The largest absolute Gasteiger partial charge is 0.366 e. The Bertz CT molecular complexity index is 455. The molecule has 1 aromatic rings. The second-order valence-corrected chi connectivity index (χ2v) is 5.36. The van der Waals surface area contributed by atoms with E-state index in [1.165, 1.54) is 0 Å². The number of halogens is 2. The Morgan fingerprint density at radius 1 is 1.37 bits per heavy atom. The van der Waals surface area contributed by atoms with Crippen molar-refractivity contribution in [2.24, 2.45) is 0 Å². The maximum atomic E-state index is 13.5. The van der Waals surface area contributed by atoms with E-state index in [1.807, 2.05) is 20.8 Å². The van der Waals surface area contributed by atoms with Crippen LogP contribution in [0.5, 0.6) is 0 Å². The summed E-state index contributed by atoms with van der Waals surface area (Å²) >= 11 is 0. The van der Waals surface area contributed by atoms with Crippen molar-refractivity contribution in [3.63, 3.8) is 0 Å². The summed E-state index contributed by atoms with van der Waals surface area (Å²) in [6, 6.07) is 2.53. The molecule has 5 heteroatoms. The number of carbonyl (C=O) groups excluding carboxylic acids is 1. The van der Waals surface area contributed by atoms with Crippen LogP contribution in [0.1, 0.15) is 39.3 Å². The van der Waals surface area contributed by atoms with E-state index in [0.717, 1.165) is 18.2 Å². The van der Waals surface area contributed by atoms with E-state index in [1.54, 1.807) is 6.92 Å². The minimum Gasteiger partial charge on any atom is -0.366 e. The number of nitrogens with one attached hydrogen (secondary N) is 1. The van der Waals surface area contributed by atoms with E-state index in [0.29, 0.717) is 0 Å². The lowest BCUT2D eigenvalue weighted by Gasteiger charge is -2.20. The molecule has 19 heavy (non-hydrogen) atoms. The van der Waals surface area contributed by atoms with Crippen LogP contribution in [0, 0.1) is 11.6 Å². The zero-order valence-corrected chi connectivity index (χ0v) is 11.6. The summed E-state index contributed by atoms with van der Waals surface area (Å²) in [4.78, 5) is 11.6. The average Bonchev–Trinajstić information content (AvgIpc) is 2.28.